The highest BCUT2D eigenvalue weighted by molar-refractivity contribution is 14.1. The second-order valence-electron chi connectivity index (χ2n) is 9.44. The zero-order chi connectivity index (χ0) is 26.0. The van der Waals surface area contributed by atoms with Gasteiger partial charge in [-0.05, 0) is 37.0 Å². The van der Waals surface area contributed by atoms with E-state index in [2.05, 4.69) is 41.9 Å². The lowest BCUT2D eigenvalue weighted by Crippen LogP contribution is -2.48. The topological polar surface area (TPSA) is 121 Å². The molecule has 0 saturated carbocycles. The number of carbonyl (C=O) groups excluding carboxylic acids is 2. The van der Waals surface area contributed by atoms with E-state index >= 15 is 0 Å². The summed E-state index contributed by atoms with van der Waals surface area (Å²) >= 11 is 3.66. The molecule has 0 radical (unpaired) electrons. The standard InChI is InChI=1S/C25H30IN5O4S/c1-13(2)22(21-7-14(3)30-35-21)25(34)31-11-18(32)9-20(31)24(33)27-10-17-6-5-16(8-19(17)29-26)23-15(4)28-12-36-23/h5-8,12-13,18,20,22,29,32H,9-11H2,1-4H3,(H,27,33). The van der Waals surface area contributed by atoms with Crippen LogP contribution in [0.1, 0.15) is 48.9 Å². The van der Waals surface area contributed by atoms with Gasteiger partial charge in [-0.3, -0.25) is 9.59 Å². The van der Waals surface area contributed by atoms with Gasteiger partial charge >= 0.3 is 0 Å². The average molecular weight is 624 g/mol. The van der Waals surface area contributed by atoms with Gasteiger partial charge in [0.05, 0.1) is 50.7 Å². The third kappa shape index (κ3) is 5.57. The maximum atomic E-state index is 13.5. The maximum absolute atomic E-state index is 13.5. The van der Waals surface area contributed by atoms with E-state index in [-0.39, 0.29) is 37.2 Å². The van der Waals surface area contributed by atoms with Gasteiger partial charge in [-0.15, -0.1) is 11.3 Å². The monoisotopic (exact) mass is 623 g/mol. The van der Waals surface area contributed by atoms with Crippen molar-refractivity contribution < 1.29 is 19.2 Å². The molecule has 2 aromatic heterocycles. The van der Waals surface area contributed by atoms with Crippen LogP contribution in [0.5, 0.6) is 0 Å². The van der Waals surface area contributed by atoms with Crippen LogP contribution >= 0.6 is 34.2 Å². The number of aliphatic hydroxyl groups excluding tert-OH is 1. The Kier molecular flexibility index (Phi) is 8.30. The number of rotatable bonds is 8. The minimum absolute atomic E-state index is 0.0655. The molecule has 3 N–H and O–H groups in total. The number of hydrogen-bond donors (Lipinski definition) is 3. The van der Waals surface area contributed by atoms with Crippen LogP contribution in [0.15, 0.2) is 34.3 Å². The fourth-order valence-electron chi connectivity index (χ4n) is 4.59. The van der Waals surface area contributed by atoms with Crippen molar-refractivity contribution in [2.75, 3.05) is 10.1 Å². The van der Waals surface area contributed by atoms with E-state index in [1.165, 1.54) is 4.90 Å². The number of hydrogen-bond acceptors (Lipinski definition) is 8. The number of likely N-dealkylation sites (tertiary alicyclic amines) is 1. The molecule has 3 heterocycles. The molecule has 1 saturated heterocycles. The molecule has 9 nitrogen and oxygen atoms in total. The van der Waals surface area contributed by atoms with Gasteiger partial charge in [0.15, 0.2) is 0 Å². The molecule has 192 valence electrons. The molecule has 4 rings (SSSR count). The molecule has 11 heteroatoms. The average Bonchev–Trinajstić information content (AvgIpc) is 3.57. The molecule has 0 aliphatic carbocycles. The van der Waals surface area contributed by atoms with Crippen LogP contribution in [0.25, 0.3) is 10.4 Å². The van der Waals surface area contributed by atoms with Crippen molar-refractivity contribution in [1.29, 1.82) is 0 Å². The van der Waals surface area contributed by atoms with E-state index < -0.39 is 18.1 Å². The number of aromatic nitrogens is 2. The Hall–Kier alpha value is -2.51. The minimum atomic E-state index is -0.762. The summed E-state index contributed by atoms with van der Waals surface area (Å²) in [7, 11) is 0. The Morgan fingerprint density at radius 3 is 2.69 bits per heavy atom. The fourth-order valence-corrected chi connectivity index (χ4v) is 5.89. The minimum Gasteiger partial charge on any atom is -0.391 e. The van der Waals surface area contributed by atoms with Crippen LogP contribution in [0, 0.1) is 19.8 Å². The third-order valence-corrected chi connectivity index (χ3v) is 7.98. The van der Waals surface area contributed by atoms with Gasteiger partial charge in [0, 0.05) is 31.3 Å². The molecule has 3 unspecified atom stereocenters. The van der Waals surface area contributed by atoms with Crippen molar-refractivity contribution >= 4 is 51.7 Å². The van der Waals surface area contributed by atoms with E-state index in [4.69, 9.17) is 4.52 Å². The summed E-state index contributed by atoms with van der Waals surface area (Å²) in [6.07, 6.45) is -0.568. The van der Waals surface area contributed by atoms with Crippen LogP contribution < -0.4 is 8.85 Å². The Balaban J connectivity index is 1.48. The van der Waals surface area contributed by atoms with Crippen LogP contribution in [0.2, 0.25) is 0 Å². The summed E-state index contributed by atoms with van der Waals surface area (Å²) in [5, 5.41) is 17.2. The summed E-state index contributed by atoms with van der Waals surface area (Å²) in [6, 6.07) is 7.02. The molecule has 3 atom stereocenters. The van der Waals surface area contributed by atoms with E-state index in [1.54, 1.807) is 24.3 Å². The van der Waals surface area contributed by atoms with E-state index in [1.807, 2.05) is 44.5 Å². The van der Waals surface area contributed by atoms with Gasteiger partial charge in [0.2, 0.25) is 11.8 Å². The zero-order valence-electron chi connectivity index (χ0n) is 20.6. The summed E-state index contributed by atoms with van der Waals surface area (Å²) in [5.41, 5.74) is 6.35. The second-order valence-corrected chi connectivity index (χ2v) is 10.8. The first kappa shape index (κ1) is 26.6. The highest BCUT2D eigenvalue weighted by atomic mass is 127. The molecule has 2 amide bonds. The second kappa shape index (κ2) is 11.3. The number of nitrogens with zero attached hydrogens (tertiary/aromatic N) is 3. The van der Waals surface area contributed by atoms with E-state index in [9.17, 15) is 14.7 Å². The van der Waals surface area contributed by atoms with Crippen molar-refractivity contribution in [3.63, 3.8) is 0 Å². The number of benzene rings is 1. The smallest absolute Gasteiger partial charge is 0.243 e. The zero-order valence-corrected chi connectivity index (χ0v) is 23.6. The molecule has 1 aromatic carbocycles. The molecule has 0 spiro atoms. The number of nitrogens with one attached hydrogen (secondary N) is 2. The number of aliphatic hydroxyl groups is 1. The Bertz CT molecular complexity index is 1240. The quantitative estimate of drug-likeness (QED) is 0.254. The summed E-state index contributed by atoms with van der Waals surface area (Å²) in [6.45, 7) is 8.03. The SMILES string of the molecule is Cc1cc(C(C(=O)N2CC(O)CC2C(=O)NCc2ccc(-c3scnc3C)cc2NI)C(C)C)on1. The van der Waals surface area contributed by atoms with Crippen molar-refractivity contribution in [3.8, 4) is 10.4 Å². The Labute approximate surface area is 228 Å². The lowest BCUT2D eigenvalue weighted by Gasteiger charge is -2.28. The van der Waals surface area contributed by atoms with Gasteiger partial charge in [-0.1, -0.05) is 31.1 Å². The normalized spacial score (nSPS) is 18.5. The molecular weight excluding hydrogens is 593 g/mol. The number of aryl methyl sites for hydroxylation is 2. The third-order valence-electron chi connectivity index (χ3n) is 6.42. The fraction of sp³-hybridized carbons (Fsp3) is 0.440. The molecule has 0 bridgehead atoms. The molecule has 36 heavy (non-hydrogen) atoms. The van der Waals surface area contributed by atoms with E-state index in [0.717, 1.165) is 27.4 Å². The summed E-state index contributed by atoms with van der Waals surface area (Å²) in [5.74, 6) is -0.703. The lowest BCUT2D eigenvalue weighted by molar-refractivity contribution is -0.141. The summed E-state index contributed by atoms with van der Waals surface area (Å²) < 4.78 is 8.57. The maximum Gasteiger partial charge on any atom is 0.243 e. The number of amides is 2. The van der Waals surface area contributed by atoms with Crippen molar-refractivity contribution in [3.05, 3.63) is 52.5 Å². The van der Waals surface area contributed by atoms with Crippen molar-refractivity contribution in [1.82, 2.24) is 20.4 Å². The van der Waals surface area contributed by atoms with Gasteiger partial charge in [-0.25, -0.2) is 4.98 Å². The first-order valence-electron chi connectivity index (χ1n) is 11.8. The first-order chi connectivity index (χ1) is 17.2. The number of β-amino-alcohol motifs (C(OH)–C–C–N with tert-alkyl or cyclic N) is 1. The largest absolute Gasteiger partial charge is 0.391 e. The van der Waals surface area contributed by atoms with Crippen LogP contribution in [-0.2, 0) is 16.1 Å². The van der Waals surface area contributed by atoms with Crippen LogP contribution in [0.4, 0.5) is 5.69 Å². The number of thiazole rings is 1. The number of anilines is 1. The highest BCUT2D eigenvalue weighted by Gasteiger charge is 2.43. The Morgan fingerprint density at radius 2 is 2.08 bits per heavy atom. The molecule has 1 aliphatic heterocycles. The molecule has 1 aliphatic rings. The van der Waals surface area contributed by atoms with Crippen molar-refractivity contribution in [2.24, 2.45) is 5.92 Å². The van der Waals surface area contributed by atoms with E-state index in [0.29, 0.717) is 11.5 Å². The number of carbonyl (C=O) groups is 2. The van der Waals surface area contributed by atoms with Gasteiger partial charge in [0.1, 0.15) is 17.7 Å². The molecule has 3 aromatic rings. The lowest BCUT2D eigenvalue weighted by atomic mass is 9.91. The molecular formula is C25H30IN5O4S. The van der Waals surface area contributed by atoms with Crippen LogP contribution in [0.3, 0.4) is 0 Å². The van der Waals surface area contributed by atoms with Gasteiger partial charge < -0.3 is 23.4 Å². The van der Waals surface area contributed by atoms with Gasteiger partial charge in [0.25, 0.3) is 0 Å². The van der Waals surface area contributed by atoms with Crippen molar-refractivity contribution in [2.45, 2.75) is 58.7 Å². The number of halogens is 1. The first-order valence-corrected chi connectivity index (χ1v) is 13.7. The predicted molar refractivity (Wildman–Crippen MR) is 147 cm³/mol. The highest BCUT2D eigenvalue weighted by Crippen LogP contribution is 2.33. The predicted octanol–water partition coefficient (Wildman–Crippen LogP) is 4.19. The Morgan fingerprint density at radius 1 is 1.31 bits per heavy atom. The van der Waals surface area contributed by atoms with Gasteiger partial charge in [-0.2, -0.15) is 0 Å². The van der Waals surface area contributed by atoms with Crippen LogP contribution in [-0.4, -0.2) is 50.7 Å². The summed E-state index contributed by atoms with van der Waals surface area (Å²) in [4.78, 5) is 33.7. The molecule has 1 fully saturated rings.